The number of methoxy groups -OCH3 is 1. The minimum atomic E-state index is -0.286. The third-order valence-electron chi connectivity index (χ3n) is 3.88. The van der Waals surface area contributed by atoms with Crippen LogP contribution in [0, 0.1) is 0 Å². The number of hydrogen-bond acceptors (Lipinski definition) is 4. The molecule has 3 aromatic rings. The Kier molecular flexibility index (Phi) is 6.76. The van der Waals surface area contributed by atoms with Crippen LogP contribution in [0.15, 0.2) is 72.8 Å². The lowest BCUT2D eigenvalue weighted by atomic mass is 10.2. The molecule has 0 fully saturated rings. The summed E-state index contributed by atoms with van der Waals surface area (Å²) in [5.74, 6) is 1.57. The molecule has 1 amide bonds. The lowest BCUT2D eigenvalue weighted by molar-refractivity contribution is -0.118. The molecular weight excluding hydrogens is 378 g/mol. The summed E-state index contributed by atoms with van der Waals surface area (Å²) in [6.07, 6.45) is 0. The summed E-state index contributed by atoms with van der Waals surface area (Å²) in [7, 11) is 1.53. The lowest BCUT2D eigenvalue weighted by Gasteiger charge is -2.10. The summed E-state index contributed by atoms with van der Waals surface area (Å²) < 4.78 is 16.3. The van der Waals surface area contributed by atoms with Gasteiger partial charge in [-0.25, -0.2) is 0 Å². The second kappa shape index (κ2) is 9.67. The number of carbonyl (C=O) groups is 1. The van der Waals surface area contributed by atoms with E-state index in [9.17, 15) is 4.79 Å². The molecule has 0 radical (unpaired) electrons. The first kappa shape index (κ1) is 19.6. The molecule has 0 aromatic heterocycles. The van der Waals surface area contributed by atoms with Crippen molar-refractivity contribution in [3.63, 3.8) is 0 Å². The first-order valence-electron chi connectivity index (χ1n) is 8.67. The summed E-state index contributed by atoms with van der Waals surface area (Å²) in [5.41, 5.74) is 1.67. The third-order valence-corrected chi connectivity index (χ3v) is 4.17. The molecular formula is C22H20ClNO4. The predicted molar refractivity (Wildman–Crippen MR) is 109 cm³/mol. The molecule has 0 aliphatic heterocycles. The van der Waals surface area contributed by atoms with E-state index >= 15 is 0 Å². The monoisotopic (exact) mass is 397 g/mol. The van der Waals surface area contributed by atoms with Gasteiger partial charge in [0.1, 0.15) is 23.9 Å². The second-order valence-electron chi connectivity index (χ2n) is 5.93. The topological polar surface area (TPSA) is 56.8 Å². The molecule has 0 atom stereocenters. The van der Waals surface area contributed by atoms with Gasteiger partial charge < -0.3 is 19.5 Å². The molecule has 144 valence electrons. The van der Waals surface area contributed by atoms with Crippen LogP contribution in [0.25, 0.3) is 0 Å². The number of ether oxygens (including phenoxy) is 3. The van der Waals surface area contributed by atoms with Crippen molar-refractivity contribution in [3.05, 3.63) is 83.4 Å². The van der Waals surface area contributed by atoms with Crippen LogP contribution in [-0.2, 0) is 11.4 Å². The Labute approximate surface area is 168 Å². The minimum Gasteiger partial charge on any atom is -0.495 e. The lowest BCUT2D eigenvalue weighted by Crippen LogP contribution is -2.20. The van der Waals surface area contributed by atoms with Crippen LogP contribution in [-0.4, -0.2) is 19.6 Å². The summed E-state index contributed by atoms with van der Waals surface area (Å²) in [5, 5.41) is 3.15. The smallest absolute Gasteiger partial charge is 0.262 e. The number of rotatable bonds is 8. The zero-order valence-electron chi connectivity index (χ0n) is 15.4. The van der Waals surface area contributed by atoms with Gasteiger partial charge in [0.05, 0.1) is 12.1 Å². The molecule has 5 nitrogen and oxygen atoms in total. The van der Waals surface area contributed by atoms with Crippen LogP contribution < -0.4 is 19.5 Å². The molecule has 0 aliphatic carbocycles. The van der Waals surface area contributed by atoms with Crippen molar-refractivity contribution in [2.75, 3.05) is 19.0 Å². The van der Waals surface area contributed by atoms with Crippen LogP contribution in [0.3, 0.4) is 0 Å². The van der Waals surface area contributed by atoms with Gasteiger partial charge in [-0.3, -0.25) is 4.79 Å². The molecule has 0 aliphatic rings. The fraction of sp³-hybridized carbons (Fsp3) is 0.136. The van der Waals surface area contributed by atoms with Gasteiger partial charge in [-0.2, -0.15) is 0 Å². The van der Waals surface area contributed by atoms with Crippen LogP contribution in [0.4, 0.5) is 5.69 Å². The van der Waals surface area contributed by atoms with E-state index in [-0.39, 0.29) is 12.5 Å². The zero-order chi connectivity index (χ0) is 19.8. The quantitative estimate of drug-likeness (QED) is 0.584. The Morgan fingerprint density at radius 1 is 0.929 bits per heavy atom. The van der Waals surface area contributed by atoms with E-state index in [4.69, 9.17) is 25.8 Å². The number of amides is 1. The molecule has 0 saturated carbocycles. The van der Waals surface area contributed by atoms with Crippen LogP contribution in [0.5, 0.6) is 17.2 Å². The fourth-order valence-corrected chi connectivity index (χ4v) is 2.72. The third kappa shape index (κ3) is 5.66. The number of halogens is 1. The highest BCUT2D eigenvalue weighted by Gasteiger charge is 2.07. The van der Waals surface area contributed by atoms with E-state index in [0.717, 1.165) is 11.3 Å². The van der Waals surface area contributed by atoms with Crippen molar-refractivity contribution in [2.24, 2.45) is 0 Å². The Morgan fingerprint density at radius 2 is 1.61 bits per heavy atom. The predicted octanol–water partition coefficient (Wildman–Crippen LogP) is 4.95. The molecule has 1 N–H and O–H groups in total. The number of anilines is 1. The SMILES string of the molecule is COc1ccc(NC(=O)COc2ccc(OCc3ccccc3)cc2)cc1Cl. The number of hydrogen-bond donors (Lipinski definition) is 1. The Hall–Kier alpha value is -3.18. The molecule has 0 heterocycles. The molecule has 3 aromatic carbocycles. The molecule has 3 rings (SSSR count). The summed E-state index contributed by atoms with van der Waals surface area (Å²) in [6, 6.07) is 22.1. The van der Waals surface area contributed by atoms with Gasteiger partial charge in [0.25, 0.3) is 5.91 Å². The van der Waals surface area contributed by atoms with Gasteiger partial charge in [0.2, 0.25) is 0 Å². The van der Waals surface area contributed by atoms with E-state index in [2.05, 4.69) is 5.32 Å². The molecule has 0 spiro atoms. The Bertz CT molecular complexity index is 914. The average molecular weight is 398 g/mol. The second-order valence-corrected chi connectivity index (χ2v) is 6.34. The largest absolute Gasteiger partial charge is 0.495 e. The van der Waals surface area contributed by atoms with Gasteiger partial charge in [-0.05, 0) is 48.0 Å². The van der Waals surface area contributed by atoms with E-state index < -0.39 is 0 Å². The highest BCUT2D eigenvalue weighted by atomic mass is 35.5. The van der Waals surface area contributed by atoms with Crippen molar-refractivity contribution >= 4 is 23.2 Å². The van der Waals surface area contributed by atoms with Gasteiger partial charge in [0.15, 0.2) is 6.61 Å². The molecule has 28 heavy (non-hydrogen) atoms. The summed E-state index contributed by atoms with van der Waals surface area (Å²) in [4.78, 5) is 12.0. The number of benzene rings is 3. The Balaban J connectivity index is 1.46. The van der Waals surface area contributed by atoms with Gasteiger partial charge in [0, 0.05) is 5.69 Å². The normalized spacial score (nSPS) is 10.2. The van der Waals surface area contributed by atoms with Crippen molar-refractivity contribution in [2.45, 2.75) is 6.61 Å². The van der Waals surface area contributed by atoms with Crippen LogP contribution in [0.2, 0.25) is 5.02 Å². The highest BCUT2D eigenvalue weighted by Crippen LogP contribution is 2.27. The Morgan fingerprint density at radius 3 is 2.25 bits per heavy atom. The maximum absolute atomic E-state index is 12.0. The van der Waals surface area contributed by atoms with Crippen LogP contribution >= 0.6 is 11.6 Å². The standard InChI is InChI=1S/C22H20ClNO4/c1-26-21-12-7-17(13-20(21)23)24-22(25)15-28-19-10-8-18(9-11-19)27-14-16-5-3-2-4-6-16/h2-13H,14-15H2,1H3,(H,24,25). The van der Waals surface area contributed by atoms with Crippen LogP contribution in [0.1, 0.15) is 5.56 Å². The summed E-state index contributed by atoms with van der Waals surface area (Å²) >= 11 is 6.05. The van der Waals surface area contributed by atoms with Crippen molar-refractivity contribution in [3.8, 4) is 17.2 Å². The maximum Gasteiger partial charge on any atom is 0.262 e. The van der Waals surface area contributed by atoms with Gasteiger partial charge in [-0.15, -0.1) is 0 Å². The fourth-order valence-electron chi connectivity index (χ4n) is 2.46. The highest BCUT2D eigenvalue weighted by molar-refractivity contribution is 6.32. The molecule has 0 bridgehead atoms. The van der Waals surface area contributed by atoms with E-state index in [1.54, 1.807) is 42.5 Å². The van der Waals surface area contributed by atoms with Crippen molar-refractivity contribution in [1.29, 1.82) is 0 Å². The van der Waals surface area contributed by atoms with E-state index in [0.29, 0.717) is 28.8 Å². The molecule has 0 unspecified atom stereocenters. The summed E-state index contributed by atoms with van der Waals surface area (Å²) in [6.45, 7) is 0.377. The molecule has 0 saturated heterocycles. The minimum absolute atomic E-state index is 0.117. The maximum atomic E-state index is 12.0. The van der Waals surface area contributed by atoms with E-state index in [1.807, 2.05) is 30.3 Å². The van der Waals surface area contributed by atoms with Gasteiger partial charge in [-0.1, -0.05) is 41.9 Å². The van der Waals surface area contributed by atoms with Crippen molar-refractivity contribution < 1.29 is 19.0 Å². The zero-order valence-corrected chi connectivity index (χ0v) is 16.1. The van der Waals surface area contributed by atoms with E-state index in [1.165, 1.54) is 7.11 Å². The number of carbonyl (C=O) groups excluding carboxylic acids is 1. The van der Waals surface area contributed by atoms with Crippen molar-refractivity contribution in [1.82, 2.24) is 0 Å². The first-order chi connectivity index (χ1) is 13.6. The molecule has 6 heteroatoms. The average Bonchev–Trinajstić information content (AvgIpc) is 2.72. The number of nitrogens with one attached hydrogen (secondary N) is 1. The first-order valence-corrected chi connectivity index (χ1v) is 9.05. The van der Waals surface area contributed by atoms with Gasteiger partial charge >= 0.3 is 0 Å².